The van der Waals surface area contributed by atoms with E-state index in [1.165, 1.54) is 19.2 Å². The first-order valence-corrected chi connectivity index (χ1v) is 5.78. The fourth-order valence-corrected chi connectivity index (χ4v) is 2.42. The summed E-state index contributed by atoms with van der Waals surface area (Å²) >= 11 is 0. The summed E-state index contributed by atoms with van der Waals surface area (Å²) in [6, 6.07) is 2.93. The van der Waals surface area contributed by atoms with Crippen LogP contribution in [0.3, 0.4) is 0 Å². The highest BCUT2D eigenvalue weighted by Crippen LogP contribution is 2.35. The van der Waals surface area contributed by atoms with Crippen molar-refractivity contribution in [1.82, 2.24) is 0 Å². The lowest BCUT2D eigenvalue weighted by molar-refractivity contribution is -0.385. The van der Waals surface area contributed by atoms with E-state index >= 15 is 0 Å². The Morgan fingerprint density at radius 2 is 1.94 bits per heavy atom. The minimum absolute atomic E-state index is 0.104. The van der Waals surface area contributed by atoms with Gasteiger partial charge in [0, 0.05) is 18.7 Å². The first kappa shape index (κ1) is 12.3. The maximum absolute atomic E-state index is 11.0. The molecule has 0 saturated carbocycles. The molecule has 1 N–H and O–H groups in total. The maximum atomic E-state index is 11.0. The van der Waals surface area contributed by atoms with Gasteiger partial charge in [0.15, 0.2) is 0 Å². The normalized spacial score (nSPS) is 13.8. The fourth-order valence-electron chi connectivity index (χ4n) is 2.42. The number of fused-ring (bicyclic) bond motifs is 1. The van der Waals surface area contributed by atoms with Gasteiger partial charge in [-0.15, -0.1) is 0 Å². The number of anilines is 1. The van der Waals surface area contributed by atoms with Crippen molar-refractivity contribution >= 4 is 17.5 Å². The van der Waals surface area contributed by atoms with Gasteiger partial charge in [-0.05, 0) is 37.3 Å². The largest absolute Gasteiger partial charge is 0.465 e. The number of carboxylic acid groups (broad SMARTS) is 1. The third kappa shape index (κ3) is 2.01. The summed E-state index contributed by atoms with van der Waals surface area (Å²) in [5.41, 5.74) is 2.16. The minimum Gasteiger partial charge on any atom is -0.465 e. The Morgan fingerprint density at radius 3 is 2.50 bits per heavy atom. The molecule has 0 heterocycles. The molecule has 0 atom stereocenters. The Hall–Kier alpha value is -2.11. The molecule has 1 aromatic rings. The summed E-state index contributed by atoms with van der Waals surface area (Å²) in [4.78, 5) is 22.7. The van der Waals surface area contributed by atoms with Crippen molar-refractivity contribution in [1.29, 1.82) is 0 Å². The first-order valence-electron chi connectivity index (χ1n) is 5.78. The van der Waals surface area contributed by atoms with Crippen LogP contribution in [0, 0.1) is 10.1 Å². The monoisotopic (exact) mass is 250 g/mol. The van der Waals surface area contributed by atoms with Crippen molar-refractivity contribution in [2.45, 2.75) is 25.7 Å². The summed E-state index contributed by atoms with van der Waals surface area (Å²) in [6.45, 7) is 0. The highest BCUT2D eigenvalue weighted by atomic mass is 16.6. The van der Waals surface area contributed by atoms with Gasteiger partial charge < -0.3 is 5.11 Å². The molecule has 0 unspecified atom stereocenters. The zero-order chi connectivity index (χ0) is 13.3. The number of benzene rings is 1. The van der Waals surface area contributed by atoms with Crippen LogP contribution in [0.15, 0.2) is 12.1 Å². The van der Waals surface area contributed by atoms with Crippen molar-refractivity contribution in [3.63, 3.8) is 0 Å². The first-order chi connectivity index (χ1) is 8.52. The lowest BCUT2D eigenvalue weighted by atomic mass is 9.89. The van der Waals surface area contributed by atoms with Crippen LogP contribution >= 0.6 is 0 Å². The van der Waals surface area contributed by atoms with Crippen LogP contribution in [0.1, 0.15) is 24.0 Å². The van der Waals surface area contributed by atoms with Gasteiger partial charge in [-0.25, -0.2) is 4.79 Å². The van der Waals surface area contributed by atoms with Gasteiger partial charge >= 0.3 is 6.09 Å². The molecule has 0 spiro atoms. The lowest BCUT2D eigenvalue weighted by Gasteiger charge is -2.23. The highest BCUT2D eigenvalue weighted by molar-refractivity contribution is 5.87. The number of nitro benzene ring substituents is 1. The van der Waals surface area contributed by atoms with E-state index in [1.54, 1.807) is 0 Å². The molecule has 0 bridgehead atoms. The number of hydrogen-bond acceptors (Lipinski definition) is 3. The van der Waals surface area contributed by atoms with Gasteiger partial charge in [0.05, 0.1) is 10.6 Å². The summed E-state index contributed by atoms with van der Waals surface area (Å²) in [5, 5.41) is 20.0. The van der Waals surface area contributed by atoms with E-state index in [-0.39, 0.29) is 5.69 Å². The smallest absolute Gasteiger partial charge is 0.411 e. The van der Waals surface area contributed by atoms with Crippen molar-refractivity contribution < 1.29 is 14.8 Å². The second-order valence-electron chi connectivity index (χ2n) is 4.37. The third-order valence-corrected chi connectivity index (χ3v) is 3.33. The predicted molar refractivity (Wildman–Crippen MR) is 66.2 cm³/mol. The third-order valence-electron chi connectivity index (χ3n) is 3.33. The number of hydrogen-bond donors (Lipinski definition) is 1. The molecule has 6 nitrogen and oxygen atoms in total. The number of rotatable bonds is 2. The molecule has 0 aromatic heterocycles. The minimum atomic E-state index is -1.06. The molecule has 0 saturated heterocycles. The molecule has 0 fully saturated rings. The molecule has 1 aliphatic carbocycles. The second-order valence-corrected chi connectivity index (χ2v) is 4.37. The summed E-state index contributed by atoms with van der Waals surface area (Å²) in [6.07, 6.45) is 2.14. The maximum Gasteiger partial charge on any atom is 0.411 e. The Balaban J connectivity index is 2.57. The van der Waals surface area contributed by atoms with Crippen LogP contribution in [0.5, 0.6) is 0 Å². The van der Waals surface area contributed by atoms with Crippen LogP contribution in [-0.4, -0.2) is 23.2 Å². The van der Waals surface area contributed by atoms with Crippen molar-refractivity contribution in [2.24, 2.45) is 0 Å². The summed E-state index contributed by atoms with van der Waals surface area (Å²) < 4.78 is 0. The number of nitro groups is 1. The molecule has 18 heavy (non-hydrogen) atoms. The zero-order valence-corrected chi connectivity index (χ0v) is 10.0. The van der Waals surface area contributed by atoms with Gasteiger partial charge in [0.2, 0.25) is 0 Å². The number of carbonyl (C=O) groups is 1. The van der Waals surface area contributed by atoms with E-state index in [1.807, 2.05) is 0 Å². The highest BCUT2D eigenvalue weighted by Gasteiger charge is 2.25. The van der Waals surface area contributed by atoms with Crippen LogP contribution in [-0.2, 0) is 12.8 Å². The van der Waals surface area contributed by atoms with E-state index in [2.05, 4.69) is 0 Å². The van der Waals surface area contributed by atoms with Gasteiger partial charge in [-0.1, -0.05) is 0 Å². The average Bonchev–Trinajstić information content (AvgIpc) is 2.36. The van der Waals surface area contributed by atoms with E-state index in [0.29, 0.717) is 24.1 Å². The van der Waals surface area contributed by atoms with E-state index in [9.17, 15) is 14.9 Å². The molecule has 1 aromatic carbocycles. The molecular formula is C12H14N2O4. The quantitative estimate of drug-likeness (QED) is 0.645. The van der Waals surface area contributed by atoms with Crippen molar-refractivity contribution in [2.75, 3.05) is 11.9 Å². The van der Waals surface area contributed by atoms with Gasteiger partial charge in [0.1, 0.15) is 0 Å². The van der Waals surface area contributed by atoms with E-state index in [0.717, 1.165) is 23.3 Å². The fraction of sp³-hybridized carbons (Fsp3) is 0.417. The standard InChI is InChI=1S/C12H14N2O4/c1-13(12(15)16)10-6-7-11(14(17)18)9-5-3-2-4-8(9)10/h6-7H,2-5H2,1H3,(H,15,16). The van der Waals surface area contributed by atoms with E-state index in [4.69, 9.17) is 5.11 Å². The van der Waals surface area contributed by atoms with Gasteiger partial charge in [-0.3, -0.25) is 15.0 Å². The molecule has 0 aliphatic heterocycles. The lowest BCUT2D eigenvalue weighted by Crippen LogP contribution is -2.26. The van der Waals surface area contributed by atoms with E-state index < -0.39 is 11.0 Å². The van der Waals surface area contributed by atoms with Gasteiger partial charge in [-0.2, -0.15) is 0 Å². The van der Waals surface area contributed by atoms with Crippen LogP contribution < -0.4 is 4.90 Å². The van der Waals surface area contributed by atoms with Crippen LogP contribution in [0.2, 0.25) is 0 Å². The topological polar surface area (TPSA) is 83.7 Å². The van der Waals surface area contributed by atoms with Crippen LogP contribution in [0.25, 0.3) is 0 Å². The molecule has 6 heteroatoms. The number of amides is 1. The molecule has 1 amide bonds. The number of nitrogens with zero attached hydrogens (tertiary/aromatic N) is 2. The average molecular weight is 250 g/mol. The Labute approximate surface area is 104 Å². The Morgan fingerprint density at radius 1 is 1.33 bits per heavy atom. The van der Waals surface area contributed by atoms with Crippen LogP contribution in [0.4, 0.5) is 16.2 Å². The summed E-state index contributed by atoms with van der Waals surface area (Å²) in [7, 11) is 1.46. The molecule has 2 rings (SSSR count). The second kappa shape index (κ2) is 4.64. The molecule has 0 radical (unpaired) electrons. The Bertz CT molecular complexity index is 513. The van der Waals surface area contributed by atoms with Gasteiger partial charge in [0.25, 0.3) is 5.69 Å². The Kier molecular flexibility index (Phi) is 3.18. The molecule has 96 valence electrons. The predicted octanol–water partition coefficient (Wildman–Crippen LogP) is 2.59. The molecular weight excluding hydrogens is 236 g/mol. The SMILES string of the molecule is CN(C(=O)O)c1ccc([N+](=O)[O-])c2c1CCCC2. The molecule has 1 aliphatic rings. The zero-order valence-electron chi connectivity index (χ0n) is 10.0. The van der Waals surface area contributed by atoms with Crippen molar-refractivity contribution in [3.8, 4) is 0 Å². The van der Waals surface area contributed by atoms with Crippen molar-refractivity contribution in [3.05, 3.63) is 33.4 Å². The summed E-state index contributed by atoms with van der Waals surface area (Å²) in [5.74, 6) is 0.